The first kappa shape index (κ1) is 25.2. The van der Waals surface area contributed by atoms with Crippen LogP contribution in [0.3, 0.4) is 0 Å². The maximum Gasteiger partial charge on any atom is 0.239 e. The SMILES string of the molecule is CN(C)c1ccc(Nc2cc3nc4ccc(N(C)C)cc4[n+](-c4ccccc4)c3cc2Nc2ccccc2)cc1. The zero-order chi connectivity index (χ0) is 27.6. The fourth-order valence-corrected chi connectivity index (χ4v) is 4.91. The number of benzene rings is 5. The van der Waals surface area contributed by atoms with E-state index in [2.05, 4.69) is 130 Å². The van der Waals surface area contributed by atoms with E-state index in [0.29, 0.717) is 0 Å². The molecular weight excluding hydrogens is 492 g/mol. The Morgan fingerprint density at radius 2 is 1.07 bits per heavy atom. The van der Waals surface area contributed by atoms with E-state index in [9.17, 15) is 0 Å². The molecule has 6 nitrogen and oxygen atoms in total. The highest BCUT2D eigenvalue weighted by Gasteiger charge is 2.22. The van der Waals surface area contributed by atoms with Gasteiger partial charge >= 0.3 is 0 Å². The smallest absolute Gasteiger partial charge is 0.239 e. The van der Waals surface area contributed by atoms with Crippen molar-refractivity contribution in [2.45, 2.75) is 0 Å². The molecule has 0 saturated carbocycles. The standard InChI is InChI=1S/C34H32N6/c1-38(2)26-17-15-25(16-18-26)36-30-22-32-34(23-31(30)35-24-11-7-5-8-12-24)40(27-13-9-6-10-14-27)33-21-28(39(3)4)19-20-29(33)37-32/h5-23H,1-4H3,(H,36,37)/p+1. The van der Waals surface area contributed by atoms with Crippen LogP contribution in [-0.4, -0.2) is 33.2 Å². The summed E-state index contributed by atoms with van der Waals surface area (Å²) < 4.78 is 2.30. The molecule has 198 valence electrons. The Labute approximate surface area is 235 Å². The van der Waals surface area contributed by atoms with Gasteiger partial charge in [0, 0.05) is 75.2 Å². The number of para-hydroxylation sites is 2. The number of nitrogens with one attached hydrogen (secondary N) is 2. The van der Waals surface area contributed by atoms with Gasteiger partial charge in [-0.2, -0.15) is 0 Å². The number of anilines is 6. The number of hydrogen-bond acceptors (Lipinski definition) is 5. The van der Waals surface area contributed by atoms with E-state index in [1.54, 1.807) is 0 Å². The summed E-state index contributed by atoms with van der Waals surface area (Å²) in [7, 11) is 8.22. The minimum Gasteiger partial charge on any atom is -0.378 e. The van der Waals surface area contributed by atoms with E-state index in [1.807, 2.05) is 38.4 Å². The second kappa shape index (κ2) is 10.6. The minimum absolute atomic E-state index is 0.903. The summed E-state index contributed by atoms with van der Waals surface area (Å²) in [5.74, 6) is 0. The number of rotatable bonds is 7. The summed E-state index contributed by atoms with van der Waals surface area (Å²) in [4.78, 5) is 9.36. The van der Waals surface area contributed by atoms with Crippen molar-refractivity contribution in [3.63, 3.8) is 0 Å². The van der Waals surface area contributed by atoms with E-state index < -0.39 is 0 Å². The molecule has 0 aliphatic carbocycles. The van der Waals surface area contributed by atoms with Crippen molar-refractivity contribution >= 4 is 56.2 Å². The highest BCUT2D eigenvalue weighted by molar-refractivity contribution is 5.93. The molecule has 0 atom stereocenters. The van der Waals surface area contributed by atoms with E-state index in [-0.39, 0.29) is 0 Å². The fraction of sp³-hybridized carbons (Fsp3) is 0.118. The third kappa shape index (κ3) is 4.99. The summed E-state index contributed by atoms with van der Waals surface area (Å²) >= 11 is 0. The molecule has 2 N–H and O–H groups in total. The molecule has 0 fully saturated rings. The second-order valence-electron chi connectivity index (χ2n) is 10.3. The molecule has 0 bridgehead atoms. The lowest BCUT2D eigenvalue weighted by molar-refractivity contribution is -0.538. The van der Waals surface area contributed by atoms with Crippen LogP contribution in [0.25, 0.3) is 27.8 Å². The van der Waals surface area contributed by atoms with E-state index in [0.717, 1.165) is 61.9 Å². The first-order valence-corrected chi connectivity index (χ1v) is 13.4. The lowest BCUT2D eigenvalue weighted by Crippen LogP contribution is -2.33. The summed E-state index contributed by atoms with van der Waals surface area (Å²) in [5, 5.41) is 7.30. The molecule has 0 saturated heterocycles. The Bertz CT molecular complexity index is 1780. The normalized spacial score (nSPS) is 11.0. The first-order chi connectivity index (χ1) is 19.5. The maximum absolute atomic E-state index is 5.14. The third-order valence-electron chi connectivity index (χ3n) is 7.04. The molecule has 1 aromatic heterocycles. The Hall–Kier alpha value is -5.10. The molecule has 0 unspecified atom stereocenters. The number of nitrogens with zero attached hydrogens (tertiary/aromatic N) is 4. The predicted octanol–water partition coefficient (Wildman–Crippen LogP) is 7.28. The molecule has 0 amide bonds. The van der Waals surface area contributed by atoms with Crippen LogP contribution in [0.2, 0.25) is 0 Å². The number of fused-ring (bicyclic) bond motifs is 2. The van der Waals surface area contributed by atoms with Crippen molar-refractivity contribution in [1.29, 1.82) is 0 Å². The van der Waals surface area contributed by atoms with Gasteiger partial charge in [0.05, 0.1) is 11.4 Å². The molecule has 5 aromatic carbocycles. The Morgan fingerprint density at radius 1 is 0.525 bits per heavy atom. The van der Waals surface area contributed by atoms with Gasteiger partial charge in [-0.05, 0) is 54.6 Å². The van der Waals surface area contributed by atoms with Gasteiger partial charge in [0.2, 0.25) is 16.7 Å². The van der Waals surface area contributed by atoms with E-state index >= 15 is 0 Å². The molecule has 40 heavy (non-hydrogen) atoms. The summed E-state index contributed by atoms with van der Waals surface area (Å²) in [6, 6.07) is 39.9. The van der Waals surface area contributed by atoms with Crippen LogP contribution in [-0.2, 0) is 0 Å². The second-order valence-corrected chi connectivity index (χ2v) is 10.3. The van der Waals surface area contributed by atoms with Crippen molar-refractivity contribution in [1.82, 2.24) is 4.98 Å². The van der Waals surface area contributed by atoms with Crippen molar-refractivity contribution in [3.8, 4) is 5.69 Å². The van der Waals surface area contributed by atoms with Gasteiger partial charge in [-0.25, -0.2) is 4.98 Å². The van der Waals surface area contributed by atoms with Gasteiger partial charge in [0.1, 0.15) is 11.0 Å². The van der Waals surface area contributed by atoms with Gasteiger partial charge in [-0.15, -0.1) is 4.57 Å². The molecular formula is C34H33N6+. The van der Waals surface area contributed by atoms with Crippen LogP contribution in [0.5, 0.6) is 0 Å². The fourth-order valence-electron chi connectivity index (χ4n) is 4.91. The molecule has 6 heteroatoms. The first-order valence-electron chi connectivity index (χ1n) is 13.4. The maximum atomic E-state index is 5.14. The molecule has 0 spiro atoms. The van der Waals surface area contributed by atoms with E-state index in [1.165, 1.54) is 0 Å². The number of hydrogen-bond donors (Lipinski definition) is 2. The topological polar surface area (TPSA) is 47.3 Å². The molecule has 1 heterocycles. The lowest BCUT2D eigenvalue weighted by Gasteiger charge is -2.17. The quantitative estimate of drug-likeness (QED) is 0.169. The van der Waals surface area contributed by atoms with Crippen LogP contribution in [0.4, 0.5) is 34.1 Å². The van der Waals surface area contributed by atoms with Gasteiger partial charge in [0.15, 0.2) is 0 Å². The van der Waals surface area contributed by atoms with Crippen LogP contribution >= 0.6 is 0 Å². The van der Waals surface area contributed by atoms with E-state index in [4.69, 9.17) is 4.98 Å². The van der Waals surface area contributed by atoms with Gasteiger partial charge in [0.25, 0.3) is 0 Å². The van der Waals surface area contributed by atoms with Crippen molar-refractivity contribution in [3.05, 3.63) is 115 Å². The predicted molar refractivity (Wildman–Crippen MR) is 169 cm³/mol. The molecule has 0 aliphatic rings. The minimum atomic E-state index is 0.903. The Balaban J connectivity index is 1.59. The monoisotopic (exact) mass is 525 g/mol. The average Bonchev–Trinajstić information content (AvgIpc) is 2.97. The lowest BCUT2D eigenvalue weighted by atomic mass is 10.1. The highest BCUT2D eigenvalue weighted by atomic mass is 15.1. The van der Waals surface area contributed by atoms with Gasteiger partial charge < -0.3 is 20.4 Å². The zero-order valence-corrected chi connectivity index (χ0v) is 23.3. The summed E-state index contributed by atoms with van der Waals surface area (Å²) in [5.41, 5.74) is 11.2. The molecule has 6 rings (SSSR count). The zero-order valence-electron chi connectivity index (χ0n) is 23.3. The van der Waals surface area contributed by atoms with Gasteiger partial charge in [-0.3, -0.25) is 0 Å². The summed E-state index contributed by atoms with van der Waals surface area (Å²) in [6.45, 7) is 0. The largest absolute Gasteiger partial charge is 0.378 e. The Kier molecular flexibility index (Phi) is 6.66. The Morgan fingerprint density at radius 3 is 1.73 bits per heavy atom. The van der Waals surface area contributed by atoms with Crippen molar-refractivity contribution in [2.75, 3.05) is 48.6 Å². The van der Waals surface area contributed by atoms with Crippen LogP contribution in [0, 0.1) is 0 Å². The summed E-state index contributed by atoms with van der Waals surface area (Å²) in [6.07, 6.45) is 0. The van der Waals surface area contributed by atoms with Crippen LogP contribution in [0.15, 0.2) is 115 Å². The number of aromatic nitrogens is 2. The molecule has 0 aliphatic heterocycles. The van der Waals surface area contributed by atoms with Crippen LogP contribution in [0.1, 0.15) is 0 Å². The van der Waals surface area contributed by atoms with Gasteiger partial charge in [-0.1, -0.05) is 36.4 Å². The molecule has 0 radical (unpaired) electrons. The molecule has 6 aromatic rings. The van der Waals surface area contributed by atoms with Crippen molar-refractivity contribution in [2.24, 2.45) is 0 Å². The highest BCUT2D eigenvalue weighted by Crippen LogP contribution is 2.33. The third-order valence-corrected chi connectivity index (χ3v) is 7.04. The van der Waals surface area contributed by atoms with Crippen molar-refractivity contribution < 1.29 is 4.57 Å². The van der Waals surface area contributed by atoms with Crippen LogP contribution < -0.4 is 25.0 Å². The average molecular weight is 526 g/mol.